The maximum Gasteiger partial charge on any atom is 0.328 e. The third kappa shape index (κ3) is 4.10. The van der Waals surface area contributed by atoms with Gasteiger partial charge in [-0.3, -0.25) is 4.79 Å². The Bertz CT molecular complexity index is 400. The lowest BCUT2D eigenvalue weighted by Gasteiger charge is -2.12. The lowest BCUT2D eigenvalue weighted by molar-refractivity contribution is -0.144. The van der Waals surface area contributed by atoms with Crippen LogP contribution in [-0.4, -0.2) is 24.5 Å². The summed E-state index contributed by atoms with van der Waals surface area (Å²) < 4.78 is 4.82. The minimum Gasteiger partial charge on any atom is -0.460 e. The highest BCUT2D eigenvalue weighted by Gasteiger charge is 2.17. The second-order valence-electron chi connectivity index (χ2n) is 3.48. The third-order valence-corrected chi connectivity index (χ3v) is 2.08. The van der Waals surface area contributed by atoms with E-state index in [4.69, 9.17) is 4.74 Å². The van der Waals surface area contributed by atoms with Gasteiger partial charge < -0.3 is 10.1 Å². The van der Waals surface area contributed by atoms with E-state index in [2.05, 4.69) is 11.9 Å². The van der Waals surface area contributed by atoms with E-state index in [0.717, 1.165) is 0 Å². The predicted octanol–water partition coefficient (Wildman–Crippen LogP) is 1.53. The van der Waals surface area contributed by atoms with E-state index in [-0.39, 0.29) is 12.5 Å². The molecule has 0 saturated heterocycles. The van der Waals surface area contributed by atoms with Crippen LogP contribution in [0.15, 0.2) is 43.0 Å². The molecule has 1 aromatic carbocycles. The summed E-state index contributed by atoms with van der Waals surface area (Å²) >= 11 is 0. The van der Waals surface area contributed by atoms with Crippen LogP contribution in [0, 0.1) is 0 Å². The van der Waals surface area contributed by atoms with Gasteiger partial charge in [0.25, 0.3) is 5.91 Å². The van der Waals surface area contributed by atoms with E-state index in [0.29, 0.717) is 5.56 Å². The zero-order chi connectivity index (χ0) is 12.7. The van der Waals surface area contributed by atoms with Crippen molar-refractivity contribution >= 4 is 11.9 Å². The Kier molecular flexibility index (Phi) is 4.94. The van der Waals surface area contributed by atoms with Crippen LogP contribution in [0.4, 0.5) is 0 Å². The molecule has 0 fully saturated rings. The zero-order valence-electron chi connectivity index (χ0n) is 9.68. The Balaban J connectivity index is 2.51. The molecule has 1 rings (SSSR count). The molecule has 17 heavy (non-hydrogen) atoms. The average Bonchev–Trinajstić information content (AvgIpc) is 2.36. The molecule has 4 nitrogen and oxygen atoms in total. The summed E-state index contributed by atoms with van der Waals surface area (Å²) in [6.45, 7) is 5.15. The van der Waals surface area contributed by atoms with Gasteiger partial charge in [-0.15, -0.1) is 0 Å². The van der Waals surface area contributed by atoms with Crippen molar-refractivity contribution in [1.29, 1.82) is 0 Å². The van der Waals surface area contributed by atoms with Crippen LogP contribution < -0.4 is 5.32 Å². The first-order chi connectivity index (χ1) is 8.15. The topological polar surface area (TPSA) is 55.4 Å². The molecule has 0 aliphatic heterocycles. The standard InChI is InChI=1S/C13H15NO3/c1-3-9-17-13(16)10(2)14-12(15)11-7-5-4-6-8-11/h3-8,10H,1,9H2,2H3,(H,14,15)/t10-/m1/s1. The largest absolute Gasteiger partial charge is 0.460 e. The van der Waals surface area contributed by atoms with Crippen molar-refractivity contribution in [3.8, 4) is 0 Å². The molecule has 90 valence electrons. The number of ether oxygens (including phenoxy) is 1. The van der Waals surface area contributed by atoms with Gasteiger partial charge in [0.1, 0.15) is 12.6 Å². The van der Waals surface area contributed by atoms with E-state index in [9.17, 15) is 9.59 Å². The molecule has 0 heterocycles. The number of carbonyl (C=O) groups excluding carboxylic acids is 2. The lowest BCUT2D eigenvalue weighted by Crippen LogP contribution is -2.39. The molecule has 1 atom stereocenters. The summed E-state index contributed by atoms with van der Waals surface area (Å²) in [6.07, 6.45) is 1.48. The van der Waals surface area contributed by atoms with Crippen LogP contribution >= 0.6 is 0 Å². The molecular weight excluding hydrogens is 218 g/mol. The normalized spacial score (nSPS) is 11.4. The Morgan fingerprint density at radius 2 is 2.06 bits per heavy atom. The van der Waals surface area contributed by atoms with Gasteiger partial charge in [0.05, 0.1) is 0 Å². The predicted molar refractivity (Wildman–Crippen MR) is 64.5 cm³/mol. The van der Waals surface area contributed by atoms with Crippen LogP contribution in [0.3, 0.4) is 0 Å². The van der Waals surface area contributed by atoms with Crippen molar-refractivity contribution in [3.05, 3.63) is 48.6 Å². The van der Waals surface area contributed by atoms with E-state index in [1.807, 2.05) is 6.07 Å². The number of nitrogens with one attached hydrogen (secondary N) is 1. The Morgan fingerprint density at radius 1 is 1.41 bits per heavy atom. The number of rotatable bonds is 5. The van der Waals surface area contributed by atoms with E-state index in [1.165, 1.54) is 6.08 Å². The van der Waals surface area contributed by atoms with Gasteiger partial charge in [0, 0.05) is 5.56 Å². The molecule has 0 spiro atoms. The fraction of sp³-hybridized carbons (Fsp3) is 0.231. The van der Waals surface area contributed by atoms with E-state index < -0.39 is 12.0 Å². The smallest absolute Gasteiger partial charge is 0.328 e. The minimum absolute atomic E-state index is 0.143. The molecule has 4 heteroatoms. The van der Waals surface area contributed by atoms with Crippen LogP contribution in [0.5, 0.6) is 0 Å². The summed E-state index contributed by atoms with van der Waals surface area (Å²) in [4.78, 5) is 23.1. The molecule has 1 aromatic rings. The molecular formula is C13H15NO3. The van der Waals surface area contributed by atoms with Gasteiger partial charge in [-0.25, -0.2) is 4.79 Å². The molecule has 1 amide bonds. The van der Waals surface area contributed by atoms with Gasteiger partial charge in [0.15, 0.2) is 0 Å². The maximum atomic E-state index is 11.7. The van der Waals surface area contributed by atoms with Crippen LogP contribution in [0.1, 0.15) is 17.3 Å². The molecule has 0 unspecified atom stereocenters. The summed E-state index contributed by atoms with van der Waals surface area (Å²) in [6, 6.07) is 8.01. The van der Waals surface area contributed by atoms with Gasteiger partial charge in [0.2, 0.25) is 0 Å². The van der Waals surface area contributed by atoms with E-state index >= 15 is 0 Å². The van der Waals surface area contributed by atoms with Crippen LogP contribution in [0.25, 0.3) is 0 Å². The number of hydrogen-bond acceptors (Lipinski definition) is 3. The Hall–Kier alpha value is -2.10. The SMILES string of the molecule is C=CCOC(=O)[C@@H](C)NC(=O)c1ccccc1. The van der Waals surface area contributed by atoms with Crippen molar-refractivity contribution in [2.45, 2.75) is 13.0 Å². The van der Waals surface area contributed by atoms with Gasteiger partial charge >= 0.3 is 5.97 Å². The molecule has 1 N–H and O–H groups in total. The number of benzene rings is 1. The second-order valence-corrected chi connectivity index (χ2v) is 3.48. The first-order valence-corrected chi connectivity index (χ1v) is 5.28. The molecule has 0 saturated carbocycles. The molecule has 0 aromatic heterocycles. The summed E-state index contributed by atoms with van der Waals surface area (Å²) in [5, 5.41) is 2.56. The monoisotopic (exact) mass is 233 g/mol. The number of amides is 1. The maximum absolute atomic E-state index is 11.7. The number of hydrogen-bond donors (Lipinski definition) is 1. The zero-order valence-corrected chi connectivity index (χ0v) is 9.68. The number of carbonyl (C=O) groups is 2. The fourth-order valence-electron chi connectivity index (χ4n) is 1.19. The molecule has 0 aliphatic carbocycles. The van der Waals surface area contributed by atoms with Crippen molar-refractivity contribution < 1.29 is 14.3 Å². The third-order valence-electron chi connectivity index (χ3n) is 2.08. The Morgan fingerprint density at radius 3 is 2.65 bits per heavy atom. The summed E-state index contributed by atoms with van der Waals surface area (Å²) in [5.74, 6) is -0.775. The fourth-order valence-corrected chi connectivity index (χ4v) is 1.19. The van der Waals surface area contributed by atoms with Gasteiger partial charge in [-0.2, -0.15) is 0 Å². The van der Waals surface area contributed by atoms with Crippen LogP contribution in [-0.2, 0) is 9.53 Å². The minimum atomic E-state index is -0.678. The molecule has 0 radical (unpaired) electrons. The molecule has 0 bridgehead atoms. The second kappa shape index (κ2) is 6.48. The first kappa shape index (κ1) is 13.0. The molecule has 0 aliphatic rings. The van der Waals surface area contributed by atoms with Crippen molar-refractivity contribution in [2.75, 3.05) is 6.61 Å². The lowest BCUT2D eigenvalue weighted by atomic mass is 10.2. The van der Waals surface area contributed by atoms with Crippen molar-refractivity contribution in [3.63, 3.8) is 0 Å². The summed E-state index contributed by atoms with van der Waals surface area (Å²) in [5.41, 5.74) is 0.510. The van der Waals surface area contributed by atoms with Crippen LogP contribution in [0.2, 0.25) is 0 Å². The summed E-state index contributed by atoms with van der Waals surface area (Å²) in [7, 11) is 0. The average molecular weight is 233 g/mol. The van der Waals surface area contributed by atoms with Crippen molar-refractivity contribution in [2.24, 2.45) is 0 Å². The Labute approximate surface area is 100 Å². The highest BCUT2D eigenvalue weighted by Crippen LogP contribution is 1.99. The van der Waals surface area contributed by atoms with Gasteiger partial charge in [-0.05, 0) is 19.1 Å². The number of esters is 1. The quantitative estimate of drug-likeness (QED) is 0.620. The highest BCUT2D eigenvalue weighted by atomic mass is 16.5. The van der Waals surface area contributed by atoms with Crippen molar-refractivity contribution in [1.82, 2.24) is 5.32 Å². The highest BCUT2D eigenvalue weighted by molar-refractivity contribution is 5.96. The van der Waals surface area contributed by atoms with E-state index in [1.54, 1.807) is 31.2 Å². The van der Waals surface area contributed by atoms with Gasteiger partial charge in [-0.1, -0.05) is 30.9 Å². The first-order valence-electron chi connectivity index (χ1n) is 5.28.